The first kappa shape index (κ1) is 12.2. The lowest BCUT2D eigenvalue weighted by Gasteiger charge is -2.11. The zero-order valence-electron chi connectivity index (χ0n) is 8.44. The molecule has 1 N–H and O–H groups in total. The molecule has 0 amide bonds. The van der Waals surface area contributed by atoms with Crippen LogP contribution < -0.4 is 0 Å². The van der Waals surface area contributed by atoms with Gasteiger partial charge in [-0.2, -0.15) is 0 Å². The number of carboxylic acid groups (broad SMARTS) is 1. The van der Waals surface area contributed by atoms with Crippen LogP contribution in [0.3, 0.4) is 0 Å². The van der Waals surface area contributed by atoms with Crippen LogP contribution in [0.2, 0.25) is 0 Å². The topological polar surface area (TPSA) is 46.5 Å². The standard InChI is InChI=1S/C11H13BrO3/c1-2-10(11(13)14)15-7-8-3-5-9(12)6-4-8/h3-6,10H,2,7H2,1H3,(H,13,14). The van der Waals surface area contributed by atoms with Crippen LogP contribution in [0.4, 0.5) is 0 Å². The molecule has 0 saturated heterocycles. The van der Waals surface area contributed by atoms with E-state index in [9.17, 15) is 4.79 Å². The average Bonchev–Trinajstić information content (AvgIpc) is 2.21. The number of hydrogen-bond acceptors (Lipinski definition) is 2. The van der Waals surface area contributed by atoms with Crippen molar-refractivity contribution in [3.05, 3.63) is 34.3 Å². The second-order valence-corrected chi connectivity index (χ2v) is 4.09. The Morgan fingerprint density at radius 3 is 2.53 bits per heavy atom. The molecule has 0 saturated carbocycles. The van der Waals surface area contributed by atoms with Gasteiger partial charge in [-0.15, -0.1) is 0 Å². The molecule has 0 heterocycles. The van der Waals surface area contributed by atoms with Gasteiger partial charge in [0, 0.05) is 4.47 Å². The summed E-state index contributed by atoms with van der Waals surface area (Å²) in [6, 6.07) is 7.61. The number of aliphatic carboxylic acids is 1. The fourth-order valence-electron chi connectivity index (χ4n) is 1.14. The highest BCUT2D eigenvalue weighted by molar-refractivity contribution is 9.10. The highest BCUT2D eigenvalue weighted by Gasteiger charge is 2.14. The molecule has 82 valence electrons. The van der Waals surface area contributed by atoms with Crippen LogP contribution in [0.1, 0.15) is 18.9 Å². The molecule has 0 aliphatic heterocycles. The van der Waals surface area contributed by atoms with E-state index in [4.69, 9.17) is 9.84 Å². The van der Waals surface area contributed by atoms with Crippen LogP contribution in [0.5, 0.6) is 0 Å². The summed E-state index contributed by atoms with van der Waals surface area (Å²) in [7, 11) is 0. The minimum Gasteiger partial charge on any atom is -0.479 e. The van der Waals surface area contributed by atoms with E-state index < -0.39 is 12.1 Å². The predicted octanol–water partition coefficient (Wildman–Crippen LogP) is 2.83. The van der Waals surface area contributed by atoms with E-state index in [1.165, 1.54) is 0 Å². The SMILES string of the molecule is CCC(OCc1ccc(Br)cc1)C(=O)O. The van der Waals surface area contributed by atoms with Crippen LogP contribution in [0.25, 0.3) is 0 Å². The quantitative estimate of drug-likeness (QED) is 0.897. The van der Waals surface area contributed by atoms with E-state index in [0.29, 0.717) is 13.0 Å². The van der Waals surface area contributed by atoms with Crippen LogP contribution in [0, 0.1) is 0 Å². The third kappa shape index (κ3) is 4.01. The van der Waals surface area contributed by atoms with Crippen molar-refractivity contribution in [2.45, 2.75) is 26.1 Å². The first-order chi connectivity index (χ1) is 7.13. The molecule has 3 nitrogen and oxygen atoms in total. The van der Waals surface area contributed by atoms with E-state index in [1.807, 2.05) is 24.3 Å². The van der Waals surface area contributed by atoms with Gasteiger partial charge in [0.05, 0.1) is 6.61 Å². The Kier molecular flexibility index (Phi) is 4.78. The van der Waals surface area contributed by atoms with Gasteiger partial charge in [0.2, 0.25) is 0 Å². The van der Waals surface area contributed by atoms with Gasteiger partial charge < -0.3 is 9.84 Å². The average molecular weight is 273 g/mol. The lowest BCUT2D eigenvalue weighted by atomic mass is 10.2. The first-order valence-corrected chi connectivity index (χ1v) is 5.51. The molecule has 4 heteroatoms. The molecule has 1 unspecified atom stereocenters. The summed E-state index contributed by atoms with van der Waals surface area (Å²) in [4.78, 5) is 10.7. The summed E-state index contributed by atoms with van der Waals surface area (Å²) in [5.74, 6) is -0.908. The largest absolute Gasteiger partial charge is 0.479 e. The lowest BCUT2D eigenvalue weighted by molar-refractivity contribution is -0.151. The molecule has 0 aliphatic carbocycles. The maximum absolute atomic E-state index is 10.7. The zero-order chi connectivity index (χ0) is 11.3. The number of carbonyl (C=O) groups is 1. The molecule has 0 bridgehead atoms. The lowest BCUT2D eigenvalue weighted by Crippen LogP contribution is -2.22. The fraction of sp³-hybridized carbons (Fsp3) is 0.364. The predicted molar refractivity (Wildman–Crippen MR) is 60.6 cm³/mol. The Morgan fingerprint density at radius 2 is 2.07 bits per heavy atom. The van der Waals surface area contributed by atoms with Gasteiger partial charge in [-0.1, -0.05) is 35.0 Å². The van der Waals surface area contributed by atoms with Gasteiger partial charge in [0.15, 0.2) is 6.10 Å². The van der Waals surface area contributed by atoms with E-state index in [2.05, 4.69) is 15.9 Å². The molecule has 0 radical (unpaired) electrons. The van der Waals surface area contributed by atoms with Crippen molar-refractivity contribution >= 4 is 21.9 Å². The molecular weight excluding hydrogens is 260 g/mol. The van der Waals surface area contributed by atoms with Crippen molar-refractivity contribution < 1.29 is 14.6 Å². The minimum atomic E-state index is -0.908. The molecule has 1 aromatic rings. The normalized spacial score (nSPS) is 12.4. The van der Waals surface area contributed by atoms with Crippen LogP contribution in [-0.4, -0.2) is 17.2 Å². The third-order valence-electron chi connectivity index (χ3n) is 2.01. The Bertz CT molecular complexity index is 321. The van der Waals surface area contributed by atoms with Crippen molar-refractivity contribution in [1.29, 1.82) is 0 Å². The van der Waals surface area contributed by atoms with E-state index in [-0.39, 0.29) is 0 Å². The molecule has 1 atom stereocenters. The van der Waals surface area contributed by atoms with Crippen molar-refractivity contribution in [2.24, 2.45) is 0 Å². The number of rotatable bonds is 5. The highest BCUT2D eigenvalue weighted by atomic mass is 79.9. The summed E-state index contributed by atoms with van der Waals surface area (Å²) in [6.45, 7) is 2.12. The van der Waals surface area contributed by atoms with Crippen molar-refractivity contribution in [1.82, 2.24) is 0 Å². The van der Waals surface area contributed by atoms with E-state index in [1.54, 1.807) is 6.92 Å². The van der Waals surface area contributed by atoms with Gasteiger partial charge >= 0.3 is 5.97 Å². The van der Waals surface area contributed by atoms with Gasteiger partial charge in [-0.3, -0.25) is 0 Å². The smallest absolute Gasteiger partial charge is 0.332 e. The zero-order valence-corrected chi connectivity index (χ0v) is 10.0. The van der Waals surface area contributed by atoms with Crippen LogP contribution in [-0.2, 0) is 16.1 Å². The van der Waals surface area contributed by atoms with Gasteiger partial charge in [0.25, 0.3) is 0 Å². The van der Waals surface area contributed by atoms with Gasteiger partial charge in [0.1, 0.15) is 0 Å². The molecular formula is C11H13BrO3. The Balaban J connectivity index is 2.49. The highest BCUT2D eigenvalue weighted by Crippen LogP contribution is 2.12. The maximum Gasteiger partial charge on any atom is 0.332 e. The molecule has 15 heavy (non-hydrogen) atoms. The molecule has 0 aliphatic rings. The van der Waals surface area contributed by atoms with Crippen molar-refractivity contribution in [2.75, 3.05) is 0 Å². The van der Waals surface area contributed by atoms with Crippen LogP contribution >= 0.6 is 15.9 Å². The second kappa shape index (κ2) is 5.88. The summed E-state index contributed by atoms with van der Waals surface area (Å²) in [5, 5.41) is 8.76. The summed E-state index contributed by atoms with van der Waals surface area (Å²) < 4.78 is 6.26. The maximum atomic E-state index is 10.7. The second-order valence-electron chi connectivity index (χ2n) is 3.17. The molecule has 0 fully saturated rings. The monoisotopic (exact) mass is 272 g/mol. The molecule has 1 rings (SSSR count). The van der Waals surface area contributed by atoms with Crippen molar-refractivity contribution in [3.8, 4) is 0 Å². The van der Waals surface area contributed by atoms with Crippen LogP contribution in [0.15, 0.2) is 28.7 Å². The van der Waals surface area contributed by atoms with Gasteiger partial charge in [-0.05, 0) is 24.1 Å². The molecule has 0 aromatic heterocycles. The summed E-state index contributed by atoms with van der Waals surface area (Å²) in [5.41, 5.74) is 0.970. The Hall–Kier alpha value is -0.870. The number of hydrogen-bond donors (Lipinski definition) is 1. The third-order valence-corrected chi connectivity index (χ3v) is 2.54. The fourth-order valence-corrected chi connectivity index (χ4v) is 1.41. The number of carboxylic acids is 1. The van der Waals surface area contributed by atoms with Crippen molar-refractivity contribution in [3.63, 3.8) is 0 Å². The number of ether oxygens (including phenoxy) is 1. The summed E-state index contributed by atoms with van der Waals surface area (Å²) in [6.07, 6.45) is -0.236. The van der Waals surface area contributed by atoms with E-state index >= 15 is 0 Å². The number of benzene rings is 1. The van der Waals surface area contributed by atoms with E-state index in [0.717, 1.165) is 10.0 Å². The van der Waals surface area contributed by atoms with Gasteiger partial charge in [-0.25, -0.2) is 4.79 Å². The molecule has 0 spiro atoms. The Morgan fingerprint density at radius 1 is 1.47 bits per heavy atom. The first-order valence-electron chi connectivity index (χ1n) is 4.72. The summed E-state index contributed by atoms with van der Waals surface area (Å²) >= 11 is 3.33. The molecule has 1 aromatic carbocycles. The minimum absolute atomic E-state index is 0.331. The number of halogens is 1. The Labute approximate surface area is 97.2 Å².